The van der Waals surface area contributed by atoms with Gasteiger partial charge in [0.05, 0.1) is 0 Å². The number of carbonyl (C=O) groups is 2. The van der Waals surface area contributed by atoms with E-state index in [9.17, 15) is 9.59 Å². The fraction of sp³-hybridized carbons (Fsp3) is 0.800. The Morgan fingerprint density at radius 2 is 1.64 bits per heavy atom. The first-order valence-corrected chi connectivity index (χ1v) is 4.84. The molecule has 0 aliphatic heterocycles. The molecule has 0 aromatic rings. The zero-order chi connectivity index (χ0) is 11.2. The standard InChI is InChI=1S/C10H19NO3/c1-10(2,3)11-8(12)6-4-5-7-9(13)14/h4-7H2,1-3H3,(H,11,12)(H,13,14). The largest absolute Gasteiger partial charge is 0.481 e. The summed E-state index contributed by atoms with van der Waals surface area (Å²) >= 11 is 0. The highest BCUT2D eigenvalue weighted by molar-refractivity contribution is 5.76. The molecule has 0 radical (unpaired) electrons. The molecule has 14 heavy (non-hydrogen) atoms. The highest BCUT2D eigenvalue weighted by atomic mass is 16.4. The summed E-state index contributed by atoms with van der Waals surface area (Å²) in [5, 5.41) is 11.2. The van der Waals surface area contributed by atoms with Gasteiger partial charge in [0.25, 0.3) is 0 Å². The number of carbonyl (C=O) groups excluding carboxylic acids is 1. The van der Waals surface area contributed by atoms with Crippen LogP contribution < -0.4 is 5.32 Å². The number of nitrogens with one attached hydrogen (secondary N) is 1. The number of rotatable bonds is 5. The molecule has 4 nitrogen and oxygen atoms in total. The normalized spacial score (nSPS) is 11.1. The molecule has 0 aliphatic carbocycles. The van der Waals surface area contributed by atoms with Crippen LogP contribution in [0.4, 0.5) is 0 Å². The molecule has 4 heteroatoms. The average molecular weight is 201 g/mol. The summed E-state index contributed by atoms with van der Waals surface area (Å²) in [6.45, 7) is 5.76. The maximum Gasteiger partial charge on any atom is 0.303 e. The Morgan fingerprint density at radius 1 is 1.14 bits per heavy atom. The van der Waals surface area contributed by atoms with Gasteiger partial charge in [-0.2, -0.15) is 0 Å². The maximum atomic E-state index is 11.2. The Kier molecular flexibility index (Phi) is 5.20. The lowest BCUT2D eigenvalue weighted by Gasteiger charge is -2.20. The second-order valence-electron chi connectivity index (χ2n) is 4.40. The van der Waals surface area contributed by atoms with E-state index >= 15 is 0 Å². The van der Waals surface area contributed by atoms with E-state index in [0.29, 0.717) is 19.3 Å². The summed E-state index contributed by atoms with van der Waals surface area (Å²) in [7, 11) is 0. The molecular formula is C10H19NO3. The first-order chi connectivity index (χ1) is 6.31. The van der Waals surface area contributed by atoms with Crippen molar-refractivity contribution in [2.75, 3.05) is 0 Å². The molecule has 0 rings (SSSR count). The van der Waals surface area contributed by atoms with Crippen molar-refractivity contribution < 1.29 is 14.7 Å². The molecule has 0 spiro atoms. The molecule has 0 saturated heterocycles. The number of hydrogen-bond donors (Lipinski definition) is 2. The van der Waals surface area contributed by atoms with Crippen LogP contribution in [0.1, 0.15) is 46.5 Å². The van der Waals surface area contributed by atoms with Gasteiger partial charge in [-0.15, -0.1) is 0 Å². The Balaban J connectivity index is 3.50. The van der Waals surface area contributed by atoms with Crippen LogP contribution in [0.2, 0.25) is 0 Å². The Bertz CT molecular complexity index is 206. The third-order valence-corrected chi connectivity index (χ3v) is 1.56. The van der Waals surface area contributed by atoms with E-state index in [1.54, 1.807) is 0 Å². The van der Waals surface area contributed by atoms with Crippen LogP contribution in [0.15, 0.2) is 0 Å². The first-order valence-electron chi connectivity index (χ1n) is 4.84. The van der Waals surface area contributed by atoms with Gasteiger partial charge in [-0.05, 0) is 33.6 Å². The van der Waals surface area contributed by atoms with E-state index in [2.05, 4.69) is 5.32 Å². The number of carboxylic acid groups (broad SMARTS) is 1. The van der Waals surface area contributed by atoms with E-state index in [4.69, 9.17) is 5.11 Å². The van der Waals surface area contributed by atoms with Crippen LogP contribution >= 0.6 is 0 Å². The van der Waals surface area contributed by atoms with Crippen molar-refractivity contribution in [2.45, 2.75) is 52.0 Å². The third-order valence-electron chi connectivity index (χ3n) is 1.56. The van der Waals surface area contributed by atoms with E-state index in [1.165, 1.54) is 0 Å². The average Bonchev–Trinajstić information content (AvgIpc) is 1.94. The van der Waals surface area contributed by atoms with Gasteiger partial charge >= 0.3 is 5.97 Å². The molecule has 1 amide bonds. The number of unbranched alkanes of at least 4 members (excludes halogenated alkanes) is 1. The lowest BCUT2D eigenvalue weighted by molar-refractivity contribution is -0.137. The Morgan fingerprint density at radius 3 is 2.07 bits per heavy atom. The Labute approximate surface area is 84.7 Å². The van der Waals surface area contributed by atoms with Crippen molar-refractivity contribution >= 4 is 11.9 Å². The van der Waals surface area contributed by atoms with Crippen molar-refractivity contribution in [3.63, 3.8) is 0 Å². The molecule has 0 atom stereocenters. The zero-order valence-electron chi connectivity index (χ0n) is 9.09. The van der Waals surface area contributed by atoms with E-state index in [1.807, 2.05) is 20.8 Å². The molecule has 0 fully saturated rings. The molecule has 0 unspecified atom stereocenters. The van der Waals surface area contributed by atoms with Gasteiger partial charge in [-0.3, -0.25) is 9.59 Å². The zero-order valence-corrected chi connectivity index (χ0v) is 9.09. The molecular weight excluding hydrogens is 182 g/mol. The predicted molar refractivity (Wildman–Crippen MR) is 54.0 cm³/mol. The monoisotopic (exact) mass is 201 g/mol. The fourth-order valence-electron chi connectivity index (χ4n) is 1.04. The molecule has 2 N–H and O–H groups in total. The highest BCUT2D eigenvalue weighted by Gasteiger charge is 2.12. The van der Waals surface area contributed by atoms with Crippen molar-refractivity contribution in [1.29, 1.82) is 0 Å². The van der Waals surface area contributed by atoms with Crippen LogP contribution in [0.25, 0.3) is 0 Å². The predicted octanol–water partition coefficient (Wildman–Crippen LogP) is 1.55. The van der Waals surface area contributed by atoms with Gasteiger partial charge in [-0.1, -0.05) is 0 Å². The van der Waals surface area contributed by atoms with Crippen LogP contribution in [-0.2, 0) is 9.59 Å². The molecule has 0 saturated carbocycles. The van der Waals surface area contributed by atoms with Gasteiger partial charge < -0.3 is 10.4 Å². The minimum absolute atomic E-state index is 0.0112. The van der Waals surface area contributed by atoms with Crippen molar-refractivity contribution in [1.82, 2.24) is 5.32 Å². The van der Waals surface area contributed by atoms with E-state index < -0.39 is 5.97 Å². The first kappa shape index (κ1) is 12.9. The molecule has 0 aliphatic rings. The lowest BCUT2D eigenvalue weighted by atomic mass is 10.1. The molecule has 0 aromatic heterocycles. The van der Waals surface area contributed by atoms with Crippen LogP contribution in [0, 0.1) is 0 Å². The summed E-state index contributed by atoms with van der Waals surface area (Å²) in [5.41, 5.74) is -0.204. The minimum atomic E-state index is -0.804. The molecule has 82 valence electrons. The third kappa shape index (κ3) is 9.03. The number of hydrogen-bond acceptors (Lipinski definition) is 2. The van der Waals surface area contributed by atoms with Crippen molar-refractivity contribution in [3.8, 4) is 0 Å². The van der Waals surface area contributed by atoms with Crippen LogP contribution in [0.3, 0.4) is 0 Å². The lowest BCUT2D eigenvalue weighted by Crippen LogP contribution is -2.40. The van der Waals surface area contributed by atoms with Crippen molar-refractivity contribution in [2.24, 2.45) is 0 Å². The van der Waals surface area contributed by atoms with Gasteiger partial charge in [0.1, 0.15) is 0 Å². The van der Waals surface area contributed by atoms with Crippen LogP contribution in [-0.4, -0.2) is 22.5 Å². The molecule has 0 heterocycles. The minimum Gasteiger partial charge on any atom is -0.481 e. The van der Waals surface area contributed by atoms with Gasteiger partial charge in [-0.25, -0.2) is 0 Å². The van der Waals surface area contributed by atoms with Crippen LogP contribution in [0.5, 0.6) is 0 Å². The van der Waals surface area contributed by atoms with Gasteiger partial charge in [0, 0.05) is 18.4 Å². The van der Waals surface area contributed by atoms with Gasteiger partial charge in [0.15, 0.2) is 0 Å². The quantitative estimate of drug-likeness (QED) is 0.663. The fourth-order valence-corrected chi connectivity index (χ4v) is 1.04. The molecule has 0 aromatic carbocycles. The molecule has 0 bridgehead atoms. The van der Waals surface area contributed by atoms with Crippen molar-refractivity contribution in [3.05, 3.63) is 0 Å². The van der Waals surface area contributed by atoms with E-state index in [0.717, 1.165) is 0 Å². The Hall–Kier alpha value is -1.06. The number of aliphatic carboxylic acids is 1. The van der Waals surface area contributed by atoms with Gasteiger partial charge in [0.2, 0.25) is 5.91 Å². The number of carboxylic acids is 1. The number of amides is 1. The maximum absolute atomic E-state index is 11.2. The highest BCUT2D eigenvalue weighted by Crippen LogP contribution is 2.03. The summed E-state index contributed by atoms with van der Waals surface area (Å²) in [5.74, 6) is -0.816. The SMILES string of the molecule is CC(C)(C)NC(=O)CCCCC(=O)O. The smallest absolute Gasteiger partial charge is 0.303 e. The second-order valence-corrected chi connectivity index (χ2v) is 4.40. The topological polar surface area (TPSA) is 66.4 Å². The van der Waals surface area contributed by atoms with E-state index in [-0.39, 0.29) is 17.9 Å². The summed E-state index contributed by atoms with van der Waals surface area (Å²) in [4.78, 5) is 21.4. The summed E-state index contributed by atoms with van der Waals surface area (Å²) in [6.07, 6.45) is 1.74. The second kappa shape index (κ2) is 5.62. The summed E-state index contributed by atoms with van der Waals surface area (Å²) < 4.78 is 0. The summed E-state index contributed by atoms with van der Waals surface area (Å²) in [6, 6.07) is 0.